The summed E-state index contributed by atoms with van der Waals surface area (Å²) < 4.78 is 6.41. The van der Waals surface area contributed by atoms with Gasteiger partial charge in [-0.15, -0.1) is 0 Å². The molecular weight excluding hydrogens is 222 g/mol. The summed E-state index contributed by atoms with van der Waals surface area (Å²) in [7, 11) is 0. The van der Waals surface area contributed by atoms with Crippen molar-refractivity contribution in [1.82, 2.24) is 0 Å². The van der Waals surface area contributed by atoms with Gasteiger partial charge in [0.2, 0.25) is 0 Å². The van der Waals surface area contributed by atoms with E-state index in [1.54, 1.807) is 0 Å². The SMILES string of the molecule is Cc1ccc(C)c(OC2(CN)CCCCC2)c1C. The van der Waals surface area contributed by atoms with Crippen LogP contribution in [0, 0.1) is 20.8 Å². The Bertz CT molecular complexity index is 419. The van der Waals surface area contributed by atoms with E-state index in [4.69, 9.17) is 10.5 Å². The van der Waals surface area contributed by atoms with E-state index < -0.39 is 0 Å². The van der Waals surface area contributed by atoms with Gasteiger partial charge in [-0.1, -0.05) is 18.6 Å². The largest absolute Gasteiger partial charge is 0.485 e. The Morgan fingerprint density at radius 2 is 1.67 bits per heavy atom. The fraction of sp³-hybridized carbons (Fsp3) is 0.625. The van der Waals surface area contributed by atoms with Crippen LogP contribution in [0.4, 0.5) is 0 Å². The molecule has 2 rings (SSSR count). The van der Waals surface area contributed by atoms with Crippen molar-refractivity contribution in [1.29, 1.82) is 0 Å². The first kappa shape index (κ1) is 13.4. The van der Waals surface area contributed by atoms with Crippen molar-refractivity contribution in [3.63, 3.8) is 0 Å². The maximum Gasteiger partial charge on any atom is 0.126 e. The topological polar surface area (TPSA) is 35.2 Å². The number of hydrogen-bond acceptors (Lipinski definition) is 2. The third-order valence-corrected chi connectivity index (χ3v) is 4.33. The van der Waals surface area contributed by atoms with Crippen LogP contribution < -0.4 is 10.5 Å². The molecule has 2 nitrogen and oxygen atoms in total. The minimum atomic E-state index is -0.123. The highest BCUT2D eigenvalue weighted by Gasteiger charge is 2.33. The van der Waals surface area contributed by atoms with Crippen LogP contribution in [-0.4, -0.2) is 12.1 Å². The van der Waals surface area contributed by atoms with Gasteiger partial charge in [-0.25, -0.2) is 0 Å². The summed E-state index contributed by atoms with van der Waals surface area (Å²) in [5.74, 6) is 1.06. The molecule has 0 radical (unpaired) electrons. The molecule has 1 aliphatic rings. The number of rotatable bonds is 3. The Balaban J connectivity index is 2.29. The zero-order valence-electron chi connectivity index (χ0n) is 11.9. The summed E-state index contributed by atoms with van der Waals surface area (Å²) in [5, 5.41) is 0. The lowest BCUT2D eigenvalue weighted by atomic mass is 9.84. The first-order valence-electron chi connectivity index (χ1n) is 7.04. The zero-order chi connectivity index (χ0) is 13.2. The molecule has 0 heterocycles. The van der Waals surface area contributed by atoms with Gasteiger partial charge in [-0.05, 0) is 63.1 Å². The molecule has 1 aliphatic carbocycles. The van der Waals surface area contributed by atoms with Crippen LogP contribution in [0.3, 0.4) is 0 Å². The molecule has 1 aromatic carbocycles. The molecule has 0 atom stereocenters. The van der Waals surface area contributed by atoms with Crippen molar-refractivity contribution >= 4 is 0 Å². The molecular formula is C16H25NO. The van der Waals surface area contributed by atoms with Crippen molar-refractivity contribution in [2.75, 3.05) is 6.54 Å². The van der Waals surface area contributed by atoms with Gasteiger partial charge in [0.25, 0.3) is 0 Å². The molecule has 0 bridgehead atoms. The van der Waals surface area contributed by atoms with E-state index in [1.807, 2.05) is 0 Å². The number of ether oxygens (including phenoxy) is 1. The third-order valence-electron chi connectivity index (χ3n) is 4.33. The van der Waals surface area contributed by atoms with Crippen LogP contribution in [0.2, 0.25) is 0 Å². The van der Waals surface area contributed by atoms with Crippen molar-refractivity contribution in [3.8, 4) is 5.75 Å². The van der Waals surface area contributed by atoms with Gasteiger partial charge in [0.1, 0.15) is 11.4 Å². The monoisotopic (exact) mass is 247 g/mol. The Hall–Kier alpha value is -1.02. The average Bonchev–Trinajstić information content (AvgIpc) is 2.40. The molecule has 2 heteroatoms. The summed E-state index contributed by atoms with van der Waals surface area (Å²) in [4.78, 5) is 0. The third kappa shape index (κ3) is 2.54. The highest BCUT2D eigenvalue weighted by atomic mass is 16.5. The van der Waals surface area contributed by atoms with E-state index in [-0.39, 0.29) is 5.60 Å². The number of hydrogen-bond donors (Lipinski definition) is 1. The molecule has 0 amide bonds. The summed E-state index contributed by atoms with van der Waals surface area (Å²) >= 11 is 0. The van der Waals surface area contributed by atoms with Gasteiger partial charge in [0.05, 0.1) is 0 Å². The molecule has 0 unspecified atom stereocenters. The fourth-order valence-electron chi connectivity index (χ4n) is 2.84. The zero-order valence-corrected chi connectivity index (χ0v) is 11.9. The van der Waals surface area contributed by atoms with Crippen LogP contribution in [0.1, 0.15) is 48.8 Å². The van der Waals surface area contributed by atoms with E-state index >= 15 is 0 Å². The Labute approximate surface area is 111 Å². The van der Waals surface area contributed by atoms with Crippen LogP contribution in [0.5, 0.6) is 5.75 Å². The van der Waals surface area contributed by atoms with E-state index in [1.165, 1.54) is 36.0 Å². The van der Waals surface area contributed by atoms with Crippen molar-refractivity contribution in [2.24, 2.45) is 5.73 Å². The van der Waals surface area contributed by atoms with Gasteiger partial charge in [-0.3, -0.25) is 0 Å². The first-order chi connectivity index (χ1) is 8.58. The van der Waals surface area contributed by atoms with Gasteiger partial charge in [-0.2, -0.15) is 0 Å². The molecule has 1 aromatic rings. The van der Waals surface area contributed by atoms with Gasteiger partial charge in [0, 0.05) is 6.54 Å². The summed E-state index contributed by atoms with van der Waals surface area (Å²) in [6.45, 7) is 7.02. The predicted octanol–water partition coefficient (Wildman–Crippen LogP) is 3.65. The number of benzene rings is 1. The minimum Gasteiger partial charge on any atom is -0.485 e. The molecule has 100 valence electrons. The minimum absolute atomic E-state index is 0.123. The standard InChI is InChI=1S/C16H25NO/c1-12-7-8-13(2)15(14(12)3)18-16(11-17)9-5-4-6-10-16/h7-8H,4-6,9-11,17H2,1-3H3. The average molecular weight is 247 g/mol. The maximum atomic E-state index is 6.41. The molecule has 1 fully saturated rings. The highest BCUT2D eigenvalue weighted by Crippen LogP contribution is 2.36. The lowest BCUT2D eigenvalue weighted by Crippen LogP contribution is -2.45. The molecule has 0 aromatic heterocycles. The van der Waals surface area contributed by atoms with Crippen LogP contribution >= 0.6 is 0 Å². The molecule has 18 heavy (non-hydrogen) atoms. The smallest absolute Gasteiger partial charge is 0.126 e. The molecule has 2 N–H and O–H groups in total. The number of nitrogens with two attached hydrogens (primary N) is 1. The van der Waals surface area contributed by atoms with Crippen LogP contribution in [0.15, 0.2) is 12.1 Å². The number of aryl methyl sites for hydroxylation is 2. The van der Waals surface area contributed by atoms with Crippen molar-refractivity contribution in [2.45, 2.75) is 58.5 Å². The fourth-order valence-corrected chi connectivity index (χ4v) is 2.84. The van der Waals surface area contributed by atoms with E-state index in [0.717, 1.165) is 18.6 Å². The van der Waals surface area contributed by atoms with Crippen LogP contribution in [-0.2, 0) is 0 Å². The summed E-state index contributed by atoms with van der Waals surface area (Å²) in [6.07, 6.45) is 5.98. The summed E-state index contributed by atoms with van der Waals surface area (Å²) in [6, 6.07) is 4.30. The van der Waals surface area contributed by atoms with Crippen LogP contribution in [0.25, 0.3) is 0 Å². The first-order valence-corrected chi connectivity index (χ1v) is 7.04. The van der Waals surface area contributed by atoms with Crippen molar-refractivity contribution in [3.05, 3.63) is 28.8 Å². The Morgan fingerprint density at radius 1 is 1.06 bits per heavy atom. The van der Waals surface area contributed by atoms with Gasteiger partial charge in [0.15, 0.2) is 0 Å². The quantitative estimate of drug-likeness (QED) is 0.884. The molecule has 0 aliphatic heterocycles. The lowest BCUT2D eigenvalue weighted by Gasteiger charge is -2.37. The highest BCUT2D eigenvalue weighted by molar-refractivity contribution is 5.45. The second-order valence-electron chi connectivity index (χ2n) is 5.70. The van der Waals surface area contributed by atoms with E-state index in [0.29, 0.717) is 6.54 Å². The van der Waals surface area contributed by atoms with Crippen molar-refractivity contribution < 1.29 is 4.74 Å². The molecule has 0 spiro atoms. The second-order valence-corrected chi connectivity index (χ2v) is 5.70. The molecule has 1 saturated carbocycles. The van der Waals surface area contributed by atoms with Gasteiger partial charge < -0.3 is 10.5 Å². The van der Waals surface area contributed by atoms with E-state index in [2.05, 4.69) is 32.9 Å². The Kier molecular flexibility index (Phi) is 3.96. The van der Waals surface area contributed by atoms with Gasteiger partial charge >= 0.3 is 0 Å². The summed E-state index contributed by atoms with van der Waals surface area (Å²) in [5.41, 5.74) is 9.64. The lowest BCUT2D eigenvalue weighted by molar-refractivity contribution is 0.0373. The maximum absolute atomic E-state index is 6.41. The Morgan fingerprint density at radius 3 is 2.28 bits per heavy atom. The predicted molar refractivity (Wildman–Crippen MR) is 76.2 cm³/mol. The van der Waals surface area contributed by atoms with E-state index in [9.17, 15) is 0 Å². The molecule has 0 saturated heterocycles. The normalized spacial score (nSPS) is 18.7. The second kappa shape index (κ2) is 5.31.